The molecule has 0 saturated heterocycles. The summed E-state index contributed by atoms with van der Waals surface area (Å²) < 4.78 is 43.7. The van der Waals surface area contributed by atoms with Gasteiger partial charge < -0.3 is 14.2 Å². The molecule has 1 N–H and O–H groups in total. The summed E-state index contributed by atoms with van der Waals surface area (Å²) in [4.78, 5) is 10.6. The Morgan fingerprint density at radius 3 is 2.07 bits per heavy atom. The van der Waals surface area contributed by atoms with Gasteiger partial charge in [0, 0.05) is 30.3 Å². The van der Waals surface area contributed by atoms with Gasteiger partial charge in [-0.1, -0.05) is 19.9 Å². The van der Waals surface area contributed by atoms with E-state index in [9.17, 15) is 18.5 Å². The Labute approximate surface area is 169 Å². The van der Waals surface area contributed by atoms with Crippen molar-refractivity contribution in [1.29, 1.82) is 0 Å². The van der Waals surface area contributed by atoms with Gasteiger partial charge in [-0.3, -0.25) is 10.1 Å². The minimum Gasteiger partial charge on any atom is -0.496 e. The Morgan fingerprint density at radius 2 is 1.62 bits per heavy atom. The molecule has 0 saturated carbocycles. The molecular formula is C19H24N2O7S. The number of methoxy groups -OCH3 is 3. The number of nitro benzene ring substituents is 1. The Morgan fingerprint density at radius 1 is 1.03 bits per heavy atom. The summed E-state index contributed by atoms with van der Waals surface area (Å²) in [6, 6.07) is 7.10. The molecule has 158 valence electrons. The number of ether oxygens (including phenoxy) is 3. The van der Waals surface area contributed by atoms with Gasteiger partial charge in [-0.15, -0.1) is 0 Å². The molecule has 0 spiro atoms. The molecular weight excluding hydrogens is 400 g/mol. The molecule has 2 rings (SSSR count). The van der Waals surface area contributed by atoms with Crippen LogP contribution in [0.15, 0.2) is 35.2 Å². The van der Waals surface area contributed by atoms with Crippen LogP contribution in [0.3, 0.4) is 0 Å². The van der Waals surface area contributed by atoms with Crippen LogP contribution in [-0.2, 0) is 16.6 Å². The van der Waals surface area contributed by atoms with Crippen LogP contribution in [0.1, 0.15) is 30.9 Å². The summed E-state index contributed by atoms with van der Waals surface area (Å²) in [5, 5.41) is 11.4. The first-order chi connectivity index (χ1) is 13.6. The Kier molecular flexibility index (Phi) is 7.04. The van der Waals surface area contributed by atoms with Crippen molar-refractivity contribution in [2.24, 2.45) is 0 Å². The summed E-state index contributed by atoms with van der Waals surface area (Å²) in [5.41, 5.74) is 0.697. The van der Waals surface area contributed by atoms with E-state index >= 15 is 0 Å². The summed E-state index contributed by atoms with van der Waals surface area (Å²) in [6.45, 7) is 3.46. The van der Waals surface area contributed by atoms with Gasteiger partial charge in [0.2, 0.25) is 10.0 Å². The average molecular weight is 424 g/mol. The first kappa shape index (κ1) is 22.4. The highest BCUT2D eigenvalue weighted by atomic mass is 32.2. The van der Waals surface area contributed by atoms with Crippen LogP contribution in [0.4, 0.5) is 5.69 Å². The summed E-state index contributed by atoms with van der Waals surface area (Å²) in [7, 11) is 0.360. The first-order valence-corrected chi connectivity index (χ1v) is 10.2. The van der Waals surface area contributed by atoms with Gasteiger partial charge >= 0.3 is 0 Å². The SMILES string of the molecule is COc1cc(OC)c(CNS(=O)(=O)c2ccc(C(C)C)c([N+](=O)[O-])c2)c(OC)c1. The minimum atomic E-state index is -4.02. The van der Waals surface area contributed by atoms with Gasteiger partial charge in [0.1, 0.15) is 17.2 Å². The largest absolute Gasteiger partial charge is 0.496 e. The monoisotopic (exact) mass is 424 g/mol. The van der Waals surface area contributed by atoms with Gasteiger partial charge in [0.15, 0.2) is 0 Å². The smallest absolute Gasteiger partial charge is 0.274 e. The van der Waals surface area contributed by atoms with E-state index in [4.69, 9.17) is 14.2 Å². The molecule has 2 aromatic carbocycles. The Balaban J connectivity index is 2.38. The maximum Gasteiger partial charge on any atom is 0.274 e. The molecule has 0 aromatic heterocycles. The lowest BCUT2D eigenvalue weighted by molar-refractivity contribution is -0.385. The van der Waals surface area contributed by atoms with Crippen molar-refractivity contribution in [3.05, 3.63) is 51.6 Å². The zero-order chi connectivity index (χ0) is 21.8. The van der Waals surface area contributed by atoms with Gasteiger partial charge in [-0.25, -0.2) is 13.1 Å². The second kappa shape index (κ2) is 9.10. The molecule has 0 aliphatic carbocycles. The molecule has 0 unspecified atom stereocenters. The highest BCUT2D eigenvalue weighted by Crippen LogP contribution is 2.34. The Bertz CT molecular complexity index is 979. The number of nitrogens with zero attached hydrogens (tertiary/aromatic N) is 1. The molecule has 0 amide bonds. The van der Waals surface area contributed by atoms with Gasteiger partial charge in [0.25, 0.3) is 5.69 Å². The molecule has 0 heterocycles. The third-order valence-electron chi connectivity index (χ3n) is 4.39. The predicted octanol–water partition coefficient (Wildman–Crippen LogP) is 3.22. The van der Waals surface area contributed by atoms with Crippen LogP contribution in [0, 0.1) is 10.1 Å². The topological polar surface area (TPSA) is 117 Å². The van der Waals surface area contributed by atoms with Gasteiger partial charge in [-0.2, -0.15) is 0 Å². The fraction of sp³-hybridized carbons (Fsp3) is 0.368. The number of hydrogen-bond acceptors (Lipinski definition) is 7. The number of benzene rings is 2. The highest BCUT2D eigenvalue weighted by Gasteiger charge is 2.23. The molecule has 0 fully saturated rings. The van der Waals surface area contributed by atoms with E-state index in [2.05, 4.69) is 4.72 Å². The first-order valence-electron chi connectivity index (χ1n) is 8.71. The number of nitro groups is 1. The molecule has 0 radical (unpaired) electrons. The lowest BCUT2D eigenvalue weighted by Gasteiger charge is -2.16. The minimum absolute atomic E-state index is 0.118. The van der Waals surface area contributed by atoms with Gasteiger partial charge in [0.05, 0.1) is 36.7 Å². The molecule has 2 aromatic rings. The molecule has 29 heavy (non-hydrogen) atoms. The molecule has 0 bridgehead atoms. The number of rotatable bonds is 9. The maximum atomic E-state index is 12.7. The molecule has 9 nitrogen and oxygen atoms in total. The number of nitrogens with one attached hydrogen (secondary N) is 1. The van der Waals surface area contributed by atoms with E-state index in [1.54, 1.807) is 26.0 Å². The van der Waals surface area contributed by atoms with Gasteiger partial charge in [-0.05, 0) is 12.0 Å². The highest BCUT2D eigenvalue weighted by molar-refractivity contribution is 7.89. The fourth-order valence-corrected chi connectivity index (χ4v) is 3.85. The lowest BCUT2D eigenvalue weighted by atomic mass is 10.0. The van der Waals surface area contributed by atoms with E-state index < -0.39 is 14.9 Å². The number of sulfonamides is 1. The number of hydrogen-bond donors (Lipinski definition) is 1. The van der Waals surface area contributed by atoms with E-state index in [0.717, 1.165) is 6.07 Å². The molecule has 0 atom stereocenters. The van der Waals surface area contributed by atoms with Crippen LogP contribution < -0.4 is 18.9 Å². The molecule has 0 aliphatic heterocycles. The van der Waals surface area contributed by atoms with E-state index in [-0.39, 0.29) is 23.0 Å². The van der Waals surface area contributed by atoms with Crippen LogP contribution in [0.5, 0.6) is 17.2 Å². The van der Waals surface area contributed by atoms with E-state index in [0.29, 0.717) is 28.4 Å². The van der Waals surface area contributed by atoms with Crippen LogP contribution in [-0.4, -0.2) is 34.7 Å². The van der Waals surface area contributed by atoms with Crippen LogP contribution in [0.2, 0.25) is 0 Å². The zero-order valence-corrected chi connectivity index (χ0v) is 17.7. The van der Waals surface area contributed by atoms with Crippen molar-refractivity contribution in [1.82, 2.24) is 4.72 Å². The van der Waals surface area contributed by atoms with Crippen LogP contribution in [0.25, 0.3) is 0 Å². The van der Waals surface area contributed by atoms with Crippen molar-refractivity contribution in [2.45, 2.75) is 31.2 Å². The maximum absolute atomic E-state index is 12.7. The molecule has 0 aliphatic rings. The molecule has 10 heteroatoms. The van der Waals surface area contributed by atoms with Crippen molar-refractivity contribution in [3.8, 4) is 17.2 Å². The van der Waals surface area contributed by atoms with Crippen molar-refractivity contribution in [3.63, 3.8) is 0 Å². The van der Waals surface area contributed by atoms with E-state index in [1.807, 2.05) is 0 Å². The predicted molar refractivity (Wildman–Crippen MR) is 107 cm³/mol. The summed E-state index contributed by atoms with van der Waals surface area (Å²) >= 11 is 0. The second-order valence-corrected chi connectivity index (χ2v) is 8.23. The lowest BCUT2D eigenvalue weighted by Crippen LogP contribution is -2.24. The summed E-state index contributed by atoms with van der Waals surface area (Å²) in [6.07, 6.45) is 0. The van der Waals surface area contributed by atoms with E-state index in [1.165, 1.54) is 33.5 Å². The second-order valence-electron chi connectivity index (χ2n) is 6.47. The zero-order valence-electron chi connectivity index (χ0n) is 16.9. The van der Waals surface area contributed by atoms with Crippen molar-refractivity contribution in [2.75, 3.05) is 21.3 Å². The van der Waals surface area contributed by atoms with Crippen molar-refractivity contribution < 1.29 is 27.6 Å². The Hall–Kier alpha value is -2.85. The summed E-state index contributed by atoms with van der Waals surface area (Å²) in [5.74, 6) is 1.13. The fourth-order valence-electron chi connectivity index (χ4n) is 2.84. The standard InChI is InChI=1S/C19H24N2O7S/c1-12(2)15-7-6-14(10-17(15)21(22)23)29(24,25)20-11-16-18(27-4)8-13(26-3)9-19(16)28-5/h6-10,12,20H,11H2,1-5H3. The van der Waals surface area contributed by atoms with Crippen molar-refractivity contribution >= 4 is 15.7 Å². The third-order valence-corrected chi connectivity index (χ3v) is 5.79. The van der Waals surface area contributed by atoms with Crippen LogP contribution >= 0.6 is 0 Å². The average Bonchev–Trinajstić information content (AvgIpc) is 2.70. The normalized spacial score (nSPS) is 11.4. The third kappa shape index (κ3) is 4.96. The quantitative estimate of drug-likeness (QED) is 0.485.